The molecule has 0 aliphatic heterocycles. The first-order valence-corrected chi connectivity index (χ1v) is 11.4. The lowest BCUT2D eigenvalue weighted by Gasteiger charge is -2.30. The van der Waals surface area contributed by atoms with E-state index >= 15 is 0 Å². The molecule has 0 aromatic rings. The molecule has 0 aromatic heterocycles. The quantitative estimate of drug-likeness (QED) is 0.174. The maximum atomic E-state index is 10.3. The van der Waals surface area contributed by atoms with Gasteiger partial charge < -0.3 is 0 Å². The minimum absolute atomic E-state index is 0.0752. The van der Waals surface area contributed by atoms with Gasteiger partial charge in [0.05, 0.1) is 26.2 Å². The number of carbonyl (C=O) groups excluding carboxylic acids is 4. The summed E-state index contributed by atoms with van der Waals surface area (Å²) in [6.07, 6.45) is 14.2. The third-order valence-corrected chi connectivity index (χ3v) is 5.66. The fraction of sp³-hybridized carbons (Fsp3) is 0.833. The average Bonchev–Trinajstić information content (AvgIpc) is 2.77. The lowest BCUT2D eigenvalue weighted by molar-refractivity contribution is 0.228. The van der Waals surface area contributed by atoms with E-state index in [0.717, 1.165) is 51.4 Å². The Morgan fingerprint density at radius 1 is 0.750 bits per heavy atom. The van der Waals surface area contributed by atoms with Crippen LogP contribution in [0, 0.1) is 16.7 Å². The largest absolute Gasteiger partial charge is 0.234 e. The standard InChI is InChI=1S/C13H22N2O2.C11H18N2O2/c1-3-5-7-13(4-2,10-15-12-17)8-6-9-14-11-16;1-10(7-13-9-15)6-11(2,3)4-5-12-8-14/h3-10H2,1-2H3;10H,4-7H2,1-3H3. The molecular weight excluding hydrogens is 408 g/mol. The molecule has 8 nitrogen and oxygen atoms in total. The first-order chi connectivity index (χ1) is 15.3. The van der Waals surface area contributed by atoms with Gasteiger partial charge in [0.1, 0.15) is 0 Å². The first-order valence-electron chi connectivity index (χ1n) is 11.4. The Morgan fingerprint density at radius 3 is 1.84 bits per heavy atom. The van der Waals surface area contributed by atoms with Gasteiger partial charge in [0.15, 0.2) is 0 Å². The molecule has 2 unspecified atom stereocenters. The van der Waals surface area contributed by atoms with Crippen molar-refractivity contribution in [3.63, 3.8) is 0 Å². The molecule has 32 heavy (non-hydrogen) atoms. The molecule has 0 heterocycles. The molecular formula is C24H40N4O4. The second kappa shape index (κ2) is 20.4. The van der Waals surface area contributed by atoms with Crippen LogP contribution in [-0.4, -0.2) is 50.5 Å². The number of isocyanates is 4. The van der Waals surface area contributed by atoms with Gasteiger partial charge in [-0.25, -0.2) is 39.1 Å². The zero-order valence-electron chi connectivity index (χ0n) is 20.5. The zero-order valence-corrected chi connectivity index (χ0v) is 20.5. The summed E-state index contributed by atoms with van der Waals surface area (Å²) in [6, 6.07) is 0. The smallest absolute Gasteiger partial charge is 0.211 e. The van der Waals surface area contributed by atoms with Crippen molar-refractivity contribution in [2.24, 2.45) is 36.7 Å². The van der Waals surface area contributed by atoms with Crippen LogP contribution in [0.4, 0.5) is 0 Å². The Labute approximate surface area is 192 Å². The molecule has 0 fully saturated rings. The SMILES string of the molecule is CC(CN=C=O)CC(C)(C)CCN=C=O.CCCCC(CC)(CCCN=C=O)CN=C=O. The molecule has 8 heteroatoms. The predicted molar refractivity (Wildman–Crippen MR) is 126 cm³/mol. The lowest BCUT2D eigenvalue weighted by atomic mass is 9.76. The van der Waals surface area contributed by atoms with Crippen LogP contribution in [0.1, 0.15) is 86.0 Å². The summed E-state index contributed by atoms with van der Waals surface area (Å²) in [7, 11) is 0. The molecule has 180 valence electrons. The van der Waals surface area contributed by atoms with Crippen molar-refractivity contribution < 1.29 is 19.2 Å². The lowest BCUT2D eigenvalue weighted by Crippen LogP contribution is -2.24. The Morgan fingerprint density at radius 2 is 1.31 bits per heavy atom. The van der Waals surface area contributed by atoms with Gasteiger partial charge >= 0.3 is 0 Å². The molecule has 0 aliphatic carbocycles. The number of rotatable bonds is 17. The molecule has 0 radical (unpaired) electrons. The molecule has 0 amide bonds. The average molecular weight is 449 g/mol. The van der Waals surface area contributed by atoms with E-state index in [9.17, 15) is 19.2 Å². The Kier molecular flexibility index (Phi) is 20.2. The number of hydrogen-bond donors (Lipinski definition) is 0. The van der Waals surface area contributed by atoms with Crippen molar-refractivity contribution >= 4 is 24.3 Å². The fourth-order valence-electron chi connectivity index (χ4n) is 3.79. The minimum Gasteiger partial charge on any atom is -0.211 e. The minimum atomic E-state index is 0.0752. The van der Waals surface area contributed by atoms with Crippen molar-refractivity contribution in [2.45, 2.75) is 86.0 Å². The van der Waals surface area contributed by atoms with Crippen molar-refractivity contribution in [2.75, 3.05) is 26.2 Å². The molecule has 0 bridgehead atoms. The van der Waals surface area contributed by atoms with E-state index in [1.807, 2.05) is 6.92 Å². The van der Waals surface area contributed by atoms with Crippen LogP contribution in [0.25, 0.3) is 0 Å². The van der Waals surface area contributed by atoms with E-state index in [2.05, 4.69) is 47.7 Å². The van der Waals surface area contributed by atoms with Crippen LogP contribution < -0.4 is 0 Å². The molecule has 0 aromatic carbocycles. The normalized spacial score (nSPS) is 12.9. The molecule has 2 atom stereocenters. The summed E-state index contributed by atoms with van der Waals surface area (Å²) >= 11 is 0. The fourth-order valence-corrected chi connectivity index (χ4v) is 3.79. The van der Waals surface area contributed by atoms with Gasteiger partial charge in [0.25, 0.3) is 0 Å². The molecule has 0 N–H and O–H groups in total. The highest BCUT2D eigenvalue weighted by atomic mass is 16.1. The van der Waals surface area contributed by atoms with E-state index in [1.165, 1.54) is 6.08 Å². The van der Waals surface area contributed by atoms with Crippen molar-refractivity contribution in [3.05, 3.63) is 0 Å². The summed E-state index contributed by atoms with van der Waals surface area (Å²) in [5, 5.41) is 0. The summed E-state index contributed by atoms with van der Waals surface area (Å²) in [4.78, 5) is 54.5. The van der Waals surface area contributed by atoms with Crippen molar-refractivity contribution in [3.8, 4) is 0 Å². The van der Waals surface area contributed by atoms with Gasteiger partial charge in [-0.15, -0.1) is 0 Å². The Hall–Kier alpha value is -2.48. The van der Waals surface area contributed by atoms with Gasteiger partial charge in [0, 0.05) is 0 Å². The van der Waals surface area contributed by atoms with E-state index in [4.69, 9.17) is 0 Å². The summed E-state index contributed by atoms with van der Waals surface area (Å²) in [5.74, 6) is 0.349. The van der Waals surface area contributed by atoms with Crippen LogP contribution in [0.3, 0.4) is 0 Å². The van der Waals surface area contributed by atoms with Crippen molar-refractivity contribution in [1.82, 2.24) is 0 Å². The summed E-state index contributed by atoms with van der Waals surface area (Å²) in [6.45, 7) is 12.7. The number of unbranched alkanes of at least 4 members (excludes halogenated alkanes) is 1. The third kappa shape index (κ3) is 18.3. The van der Waals surface area contributed by atoms with Crippen LogP contribution in [0.2, 0.25) is 0 Å². The topological polar surface area (TPSA) is 118 Å². The summed E-state index contributed by atoms with van der Waals surface area (Å²) < 4.78 is 0. The molecule has 0 saturated carbocycles. The molecule has 0 spiro atoms. The number of hydrogen-bond acceptors (Lipinski definition) is 8. The Bertz CT molecular complexity index is 684. The van der Waals surface area contributed by atoms with Crippen LogP contribution in [0.5, 0.6) is 0 Å². The Balaban J connectivity index is 0. The van der Waals surface area contributed by atoms with Crippen LogP contribution >= 0.6 is 0 Å². The van der Waals surface area contributed by atoms with E-state index < -0.39 is 0 Å². The summed E-state index contributed by atoms with van der Waals surface area (Å²) in [5.41, 5.74) is 0.185. The van der Waals surface area contributed by atoms with Gasteiger partial charge in [-0.3, -0.25) is 0 Å². The highest BCUT2D eigenvalue weighted by Crippen LogP contribution is 2.34. The highest BCUT2D eigenvalue weighted by Gasteiger charge is 2.26. The molecule has 0 aliphatic rings. The first kappa shape index (κ1) is 31.7. The number of aliphatic imine (C=N–C) groups is 4. The van der Waals surface area contributed by atoms with E-state index in [-0.39, 0.29) is 10.8 Å². The van der Waals surface area contributed by atoms with Gasteiger partial charge in [-0.2, -0.15) is 0 Å². The van der Waals surface area contributed by atoms with Crippen molar-refractivity contribution in [1.29, 1.82) is 0 Å². The maximum Gasteiger partial charge on any atom is 0.234 e. The predicted octanol–water partition coefficient (Wildman–Crippen LogP) is 5.13. The van der Waals surface area contributed by atoms with Gasteiger partial charge in [-0.05, 0) is 55.3 Å². The third-order valence-electron chi connectivity index (χ3n) is 5.66. The maximum absolute atomic E-state index is 10.3. The van der Waals surface area contributed by atoms with Gasteiger partial charge in [-0.1, -0.05) is 47.5 Å². The second-order valence-corrected chi connectivity index (χ2v) is 9.07. The van der Waals surface area contributed by atoms with Crippen LogP contribution in [0.15, 0.2) is 20.0 Å². The zero-order chi connectivity index (χ0) is 24.7. The van der Waals surface area contributed by atoms with Gasteiger partial charge in [0.2, 0.25) is 24.3 Å². The number of nitrogens with zero attached hydrogens (tertiary/aromatic N) is 4. The highest BCUT2D eigenvalue weighted by molar-refractivity contribution is 5.33. The second-order valence-electron chi connectivity index (χ2n) is 9.07. The molecule has 0 rings (SSSR count). The van der Waals surface area contributed by atoms with Crippen LogP contribution in [-0.2, 0) is 19.2 Å². The molecule has 0 saturated heterocycles. The monoisotopic (exact) mass is 448 g/mol. The van der Waals surface area contributed by atoms with E-state index in [1.54, 1.807) is 18.2 Å². The van der Waals surface area contributed by atoms with E-state index in [0.29, 0.717) is 32.1 Å².